The van der Waals surface area contributed by atoms with Crippen LogP contribution < -0.4 is 10.2 Å². The molecule has 2 rings (SSSR count). The quantitative estimate of drug-likeness (QED) is 0.897. The standard InChI is InChI=1S/C16H25FN2O/c1-4-13-11-20-9-8-19(13)16-7-5-6-15(17)14(16)10-18-12(2)3/h5-7,12-13,18H,4,8-11H2,1-3H3. The Hall–Kier alpha value is -1.13. The lowest BCUT2D eigenvalue weighted by Gasteiger charge is -2.38. The van der Waals surface area contributed by atoms with E-state index < -0.39 is 0 Å². The number of hydrogen-bond acceptors (Lipinski definition) is 3. The van der Waals surface area contributed by atoms with Crippen molar-refractivity contribution >= 4 is 5.69 Å². The predicted molar refractivity (Wildman–Crippen MR) is 80.6 cm³/mol. The van der Waals surface area contributed by atoms with Crippen molar-refractivity contribution in [1.82, 2.24) is 5.32 Å². The van der Waals surface area contributed by atoms with Crippen LogP contribution in [-0.2, 0) is 11.3 Å². The highest BCUT2D eigenvalue weighted by molar-refractivity contribution is 5.55. The number of ether oxygens (including phenoxy) is 1. The van der Waals surface area contributed by atoms with Crippen LogP contribution in [0.15, 0.2) is 18.2 Å². The summed E-state index contributed by atoms with van der Waals surface area (Å²) in [6.07, 6.45) is 1.01. The minimum absolute atomic E-state index is 0.128. The van der Waals surface area contributed by atoms with Crippen LogP contribution in [0.25, 0.3) is 0 Å². The van der Waals surface area contributed by atoms with Gasteiger partial charge in [0.15, 0.2) is 0 Å². The zero-order chi connectivity index (χ0) is 14.5. The molecule has 0 amide bonds. The molecule has 1 aliphatic rings. The van der Waals surface area contributed by atoms with Crippen LogP contribution in [0.1, 0.15) is 32.8 Å². The number of anilines is 1. The van der Waals surface area contributed by atoms with Gasteiger partial charge in [0.05, 0.1) is 19.3 Å². The lowest BCUT2D eigenvalue weighted by Crippen LogP contribution is -2.46. The third kappa shape index (κ3) is 3.49. The molecule has 1 fully saturated rings. The second-order valence-corrected chi connectivity index (χ2v) is 5.60. The largest absolute Gasteiger partial charge is 0.377 e. The smallest absolute Gasteiger partial charge is 0.129 e. The van der Waals surface area contributed by atoms with Crippen molar-refractivity contribution in [2.45, 2.75) is 45.8 Å². The first-order valence-corrected chi connectivity index (χ1v) is 7.48. The molecule has 1 aromatic rings. The number of halogens is 1. The summed E-state index contributed by atoms with van der Waals surface area (Å²) in [5, 5.41) is 3.32. The van der Waals surface area contributed by atoms with Crippen molar-refractivity contribution in [3.63, 3.8) is 0 Å². The van der Waals surface area contributed by atoms with E-state index in [9.17, 15) is 4.39 Å². The average Bonchev–Trinajstić information content (AvgIpc) is 2.45. The first-order chi connectivity index (χ1) is 9.63. The van der Waals surface area contributed by atoms with E-state index in [4.69, 9.17) is 4.74 Å². The Kier molecular flexibility index (Phi) is 5.38. The molecular weight excluding hydrogens is 255 g/mol. The molecule has 0 bridgehead atoms. The Morgan fingerprint density at radius 2 is 2.25 bits per heavy atom. The van der Waals surface area contributed by atoms with Crippen LogP contribution in [-0.4, -0.2) is 31.8 Å². The summed E-state index contributed by atoms with van der Waals surface area (Å²) in [5.74, 6) is -0.128. The highest BCUT2D eigenvalue weighted by Gasteiger charge is 2.24. The van der Waals surface area contributed by atoms with Gasteiger partial charge in [-0.15, -0.1) is 0 Å². The number of morpholine rings is 1. The number of hydrogen-bond donors (Lipinski definition) is 1. The van der Waals surface area contributed by atoms with E-state index in [1.807, 2.05) is 6.07 Å². The lowest BCUT2D eigenvalue weighted by molar-refractivity contribution is 0.0928. The highest BCUT2D eigenvalue weighted by atomic mass is 19.1. The van der Waals surface area contributed by atoms with Gasteiger partial charge in [0.2, 0.25) is 0 Å². The second-order valence-electron chi connectivity index (χ2n) is 5.60. The fourth-order valence-corrected chi connectivity index (χ4v) is 2.61. The van der Waals surface area contributed by atoms with Crippen LogP contribution in [0.2, 0.25) is 0 Å². The molecule has 3 nitrogen and oxygen atoms in total. The molecule has 0 aromatic heterocycles. The summed E-state index contributed by atoms with van der Waals surface area (Å²) >= 11 is 0. The summed E-state index contributed by atoms with van der Waals surface area (Å²) in [4.78, 5) is 2.30. The van der Waals surface area contributed by atoms with Crippen molar-refractivity contribution in [2.75, 3.05) is 24.7 Å². The minimum atomic E-state index is -0.128. The Labute approximate surface area is 121 Å². The Balaban J connectivity index is 2.27. The molecule has 1 atom stereocenters. The van der Waals surface area contributed by atoms with Crippen molar-refractivity contribution in [3.8, 4) is 0 Å². The molecule has 1 N–H and O–H groups in total. The highest BCUT2D eigenvalue weighted by Crippen LogP contribution is 2.27. The van der Waals surface area contributed by atoms with Gasteiger partial charge in [0.1, 0.15) is 5.82 Å². The van der Waals surface area contributed by atoms with E-state index in [1.54, 1.807) is 12.1 Å². The predicted octanol–water partition coefficient (Wildman–Crippen LogP) is 2.94. The molecule has 1 aromatic carbocycles. The molecule has 1 unspecified atom stereocenters. The fourth-order valence-electron chi connectivity index (χ4n) is 2.61. The maximum absolute atomic E-state index is 14.2. The fraction of sp³-hybridized carbons (Fsp3) is 0.625. The maximum Gasteiger partial charge on any atom is 0.129 e. The second kappa shape index (κ2) is 7.04. The van der Waals surface area contributed by atoms with E-state index in [0.29, 0.717) is 25.2 Å². The number of benzene rings is 1. The van der Waals surface area contributed by atoms with Crippen LogP contribution >= 0.6 is 0 Å². The van der Waals surface area contributed by atoms with Crippen LogP contribution in [0.4, 0.5) is 10.1 Å². The summed E-state index contributed by atoms with van der Waals surface area (Å²) in [6, 6.07) is 6.04. The summed E-state index contributed by atoms with van der Waals surface area (Å²) in [5.41, 5.74) is 1.77. The number of nitrogens with one attached hydrogen (secondary N) is 1. The van der Waals surface area contributed by atoms with Gasteiger partial charge in [-0.2, -0.15) is 0 Å². The van der Waals surface area contributed by atoms with Gasteiger partial charge in [-0.05, 0) is 18.6 Å². The van der Waals surface area contributed by atoms with Gasteiger partial charge in [-0.1, -0.05) is 26.8 Å². The van der Waals surface area contributed by atoms with Crippen LogP contribution in [0.3, 0.4) is 0 Å². The van der Waals surface area contributed by atoms with E-state index >= 15 is 0 Å². The first kappa shape index (κ1) is 15.3. The Morgan fingerprint density at radius 3 is 2.95 bits per heavy atom. The molecule has 20 heavy (non-hydrogen) atoms. The maximum atomic E-state index is 14.2. The summed E-state index contributed by atoms with van der Waals surface area (Å²) in [7, 11) is 0. The molecule has 1 heterocycles. The van der Waals surface area contributed by atoms with Crippen molar-refractivity contribution in [1.29, 1.82) is 0 Å². The van der Waals surface area contributed by atoms with E-state index in [-0.39, 0.29) is 5.82 Å². The summed E-state index contributed by atoms with van der Waals surface area (Å²) in [6.45, 7) is 9.13. The van der Waals surface area contributed by atoms with E-state index in [1.165, 1.54) is 0 Å². The van der Waals surface area contributed by atoms with Crippen molar-refractivity contribution < 1.29 is 9.13 Å². The monoisotopic (exact) mass is 280 g/mol. The molecule has 4 heteroatoms. The van der Waals surface area contributed by atoms with Gasteiger partial charge in [-0.25, -0.2) is 4.39 Å². The molecule has 0 aliphatic carbocycles. The number of nitrogens with zero attached hydrogens (tertiary/aromatic N) is 1. The molecule has 0 spiro atoms. The van der Waals surface area contributed by atoms with Gasteiger partial charge in [0, 0.05) is 30.4 Å². The van der Waals surface area contributed by atoms with E-state index in [0.717, 1.165) is 30.8 Å². The van der Waals surface area contributed by atoms with Gasteiger partial charge in [0.25, 0.3) is 0 Å². The Morgan fingerprint density at radius 1 is 1.45 bits per heavy atom. The topological polar surface area (TPSA) is 24.5 Å². The molecular formula is C16H25FN2O. The molecule has 0 radical (unpaired) electrons. The van der Waals surface area contributed by atoms with Crippen LogP contribution in [0, 0.1) is 5.82 Å². The lowest BCUT2D eigenvalue weighted by atomic mass is 10.1. The normalized spacial score (nSPS) is 19.6. The zero-order valence-electron chi connectivity index (χ0n) is 12.7. The van der Waals surface area contributed by atoms with Gasteiger partial charge in [-0.3, -0.25) is 0 Å². The van der Waals surface area contributed by atoms with Gasteiger partial charge >= 0.3 is 0 Å². The zero-order valence-corrected chi connectivity index (χ0v) is 12.7. The van der Waals surface area contributed by atoms with Crippen molar-refractivity contribution in [2.24, 2.45) is 0 Å². The van der Waals surface area contributed by atoms with E-state index in [2.05, 4.69) is 31.0 Å². The molecule has 1 saturated heterocycles. The van der Waals surface area contributed by atoms with Gasteiger partial charge < -0.3 is 15.0 Å². The average molecular weight is 280 g/mol. The Bertz CT molecular complexity index is 436. The molecule has 1 aliphatic heterocycles. The minimum Gasteiger partial charge on any atom is -0.377 e. The number of rotatable bonds is 5. The van der Waals surface area contributed by atoms with Crippen molar-refractivity contribution in [3.05, 3.63) is 29.6 Å². The molecule has 0 saturated carbocycles. The third-order valence-corrected chi connectivity index (χ3v) is 3.79. The SMILES string of the molecule is CCC1COCCN1c1cccc(F)c1CNC(C)C. The molecule has 112 valence electrons. The van der Waals surface area contributed by atoms with Crippen LogP contribution in [0.5, 0.6) is 0 Å². The summed E-state index contributed by atoms with van der Waals surface area (Å²) < 4.78 is 19.7. The first-order valence-electron chi connectivity index (χ1n) is 7.48. The third-order valence-electron chi connectivity index (χ3n) is 3.79.